The van der Waals surface area contributed by atoms with Crippen LogP contribution in [-0.2, 0) is 0 Å². The second-order valence-corrected chi connectivity index (χ2v) is 4.28. The molecule has 0 saturated heterocycles. The van der Waals surface area contributed by atoms with E-state index < -0.39 is 0 Å². The zero-order valence-electron chi connectivity index (χ0n) is 9.03. The maximum Gasteiger partial charge on any atom is 0.260 e. The van der Waals surface area contributed by atoms with E-state index >= 15 is 0 Å². The van der Waals surface area contributed by atoms with Crippen molar-refractivity contribution in [2.75, 3.05) is 5.32 Å². The molecule has 0 atom stereocenters. The van der Waals surface area contributed by atoms with Gasteiger partial charge in [-0.25, -0.2) is 0 Å². The average Bonchev–Trinajstić information content (AvgIpc) is 2.70. The van der Waals surface area contributed by atoms with Crippen LogP contribution in [0.4, 0.5) is 5.69 Å². The molecule has 0 spiro atoms. The lowest BCUT2D eigenvalue weighted by molar-refractivity contribution is 0.102. The van der Waals surface area contributed by atoms with Crippen LogP contribution >= 0.6 is 15.9 Å². The molecule has 1 aromatic carbocycles. The molecule has 2 N–H and O–H groups in total. The molecule has 0 aliphatic rings. The minimum Gasteiger partial charge on any atom is -0.508 e. The van der Waals surface area contributed by atoms with E-state index in [4.69, 9.17) is 4.42 Å². The topological polar surface area (TPSA) is 62.5 Å². The van der Waals surface area contributed by atoms with Crippen LogP contribution in [0.5, 0.6) is 5.75 Å². The van der Waals surface area contributed by atoms with Crippen molar-refractivity contribution in [1.82, 2.24) is 0 Å². The van der Waals surface area contributed by atoms with Gasteiger partial charge in [-0.1, -0.05) is 0 Å². The molecular formula is C12H10BrNO3. The molecule has 0 radical (unpaired) electrons. The van der Waals surface area contributed by atoms with Crippen molar-refractivity contribution in [3.63, 3.8) is 0 Å². The van der Waals surface area contributed by atoms with Crippen LogP contribution in [0, 0.1) is 6.92 Å². The maximum atomic E-state index is 11.8. The molecule has 0 fully saturated rings. The summed E-state index contributed by atoms with van der Waals surface area (Å²) < 4.78 is 5.38. The number of rotatable bonds is 2. The number of carbonyl (C=O) groups is 1. The maximum absolute atomic E-state index is 11.8. The lowest BCUT2D eigenvalue weighted by atomic mass is 10.2. The Bertz CT molecular complexity index is 563. The summed E-state index contributed by atoms with van der Waals surface area (Å²) in [5, 5.41) is 12.1. The highest BCUT2D eigenvalue weighted by Crippen LogP contribution is 2.22. The standard InChI is InChI=1S/C12H10BrNO3/c1-7-6-8(2-3-10(7)15)14-12(16)9-4-5-17-11(9)13/h2-6,15H,1H3,(H,14,16). The molecule has 0 aliphatic heterocycles. The van der Waals surface area contributed by atoms with Crippen LogP contribution in [0.15, 0.2) is 39.6 Å². The molecule has 0 saturated carbocycles. The number of carbonyl (C=O) groups excluding carboxylic acids is 1. The number of aryl methyl sites for hydroxylation is 1. The van der Waals surface area contributed by atoms with Crippen molar-refractivity contribution < 1.29 is 14.3 Å². The third kappa shape index (κ3) is 2.50. The molecule has 17 heavy (non-hydrogen) atoms. The number of aromatic hydroxyl groups is 1. The number of nitrogens with one attached hydrogen (secondary N) is 1. The summed E-state index contributed by atoms with van der Waals surface area (Å²) in [5.74, 6) is -0.0665. The molecule has 1 amide bonds. The molecule has 0 aliphatic carbocycles. The van der Waals surface area contributed by atoms with E-state index in [0.29, 0.717) is 21.5 Å². The molecule has 0 unspecified atom stereocenters. The monoisotopic (exact) mass is 295 g/mol. The third-order valence-corrected chi connectivity index (χ3v) is 2.93. The summed E-state index contributed by atoms with van der Waals surface area (Å²) in [6, 6.07) is 6.44. The number of amides is 1. The lowest BCUT2D eigenvalue weighted by Gasteiger charge is -2.06. The van der Waals surface area contributed by atoms with Gasteiger partial charge < -0.3 is 14.8 Å². The number of benzene rings is 1. The summed E-state index contributed by atoms with van der Waals surface area (Å²) in [6.07, 6.45) is 1.43. The molecule has 1 heterocycles. The third-order valence-electron chi connectivity index (χ3n) is 2.32. The van der Waals surface area contributed by atoms with Crippen LogP contribution in [-0.4, -0.2) is 11.0 Å². The van der Waals surface area contributed by atoms with Crippen LogP contribution in [0.25, 0.3) is 0 Å². The number of phenolic OH excluding ortho intramolecular Hbond substituents is 1. The predicted molar refractivity (Wildman–Crippen MR) is 67.2 cm³/mol. The van der Waals surface area contributed by atoms with Crippen LogP contribution < -0.4 is 5.32 Å². The van der Waals surface area contributed by atoms with Gasteiger partial charge in [0.25, 0.3) is 5.91 Å². The predicted octanol–water partition coefficient (Wildman–Crippen LogP) is 3.31. The Morgan fingerprint density at radius 3 is 2.76 bits per heavy atom. The van der Waals surface area contributed by atoms with E-state index in [-0.39, 0.29) is 11.7 Å². The van der Waals surface area contributed by atoms with Crippen molar-refractivity contribution in [1.29, 1.82) is 0 Å². The van der Waals surface area contributed by atoms with E-state index in [1.165, 1.54) is 12.3 Å². The summed E-state index contributed by atoms with van der Waals surface area (Å²) in [7, 11) is 0. The number of hydrogen-bond donors (Lipinski definition) is 2. The Kier molecular flexibility index (Phi) is 3.19. The SMILES string of the molecule is Cc1cc(NC(=O)c2ccoc2Br)ccc1O. The van der Waals surface area contributed by atoms with E-state index in [0.717, 1.165) is 0 Å². The first-order valence-corrected chi connectivity index (χ1v) is 5.71. The van der Waals surface area contributed by atoms with Crippen molar-refractivity contribution >= 4 is 27.5 Å². The highest BCUT2D eigenvalue weighted by Gasteiger charge is 2.12. The Morgan fingerprint density at radius 1 is 1.41 bits per heavy atom. The van der Waals surface area contributed by atoms with Crippen molar-refractivity contribution in [3.05, 3.63) is 46.3 Å². The van der Waals surface area contributed by atoms with E-state index in [1.807, 2.05) is 0 Å². The lowest BCUT2D eigenvalue weighted by Crippen LogP contribution is -2.11. The molecule has 88 valence electrons. The normalized spacial score (nSPS) is 10.2. The highest BCUT2D eigenvalue weighted by molar-refractivity contribution is 9.10. The van der Waals surface area contributed by atoms with Gasteiger partial charge >= 0.3 is 0 Å². The van der Waals surface area contributed by atoms with Gasteiger partial charge in [-0.2, -0.15) is 0 Å². The summed E-state index contributed by atoms with van der Waals surface area (Å²) in [5.41, 5.74) is 1.75. The largest absolute Gasteiger partial charge is 0.508 e. The Hall–Kier alpha value is -1.75. The van der Waals surface area contributed by atoms with Gasteiger partial charge in [-0.15, -0.1) is 0 Å². The fraction of sp³-hybridized carbons (Fsp3) is 0.0833. The fourth-order valence-corrected chi connectivity index (χ4v) is 1.81. The zero-order valence-corrected chi connectivity index (χ0v) is 10.6. The minimum absolute atomic E-state index is 0.201. The quantitative estimate of drug-likeness (QED) is 0.836. The smallest absolute Gasteiger partial charge is 0.260 e. The number of hydrogen-bond acceptors (Lipinski definition) is 3. The second kappa shape index (κ2) is 4.63. The summed E-state index contributed by atoms with van der Waals surface area (Å²) >= 11 is 3.14. The second-order valence-electron chi connectivity index (χ2n) is 3.56. The van der Waals surface area contributed by atoms with Crippen molar-refractivity contribution in [2.45, 2.75) is 6.92 Å². The van der Waals surface area contributed by atoms with Gasteiger partial charge in [-0.05, 0) is 52.7 Å². The molecule has 5 heteroatoms. The molecule has 2 aromatic rings. The molecule has 2 rings (SSSR count). The van der Waals surface area contributed by atoms with Gasteiger partial charge in [0.05, 0.1) is 11.8 Å². The van der Waals surface area contributed by atoms with Gasteiger partial charge in [0.1, 0.15) is 5.75 Å². The van der Waals surface area contributed by atoms with E-state index in [2.05, 4.69) is 21.2 Å². The van der Waals surface area contributed by atoms with Gasteiger partial charge in [0, 0.05) is 5.69 Å². The summed E-state index contributed by atoms with van der Waals surface area (Å²) in [6.45, 7) is 1.76. The molecule has 1 aromatic heterocycles. The average molecular weight is 296 g/mol. The van der Waals surface area contributed by atoms with Gasteiger partial charge in [-0.3, -0.25) is 4.79 Å². The van der Waals surface area contributed by atoms with Crippen LogP contribution in [0.2, 0.25) is 0 Å². The minimum atomic E-state index is -0.268. The number of anilines is 1. The first kappa shape index (κ1) is 11.7. The molecule has 0 bridgehead atoms. The first-order chi connectivity index (χ1) is 8.08. The number of halogens is 1. The van der Waals surface area contributed by atoms with Crippen LogP contribution in [0.1, 0.15) is 15.9 Å². The number of furan rings is 1. The van der Waals surface area contributed by atoms with Crippen molar-refractivity contribution in [3.8, 4) is 5.75 Å². The van der Waals surface area contributed by atoms with E-state index in [1.54, 1.807) is 25.1 Å². The van der Waals surface area contributed by atoms with Gasteiger partial charge in [0.2, 0.25) is 0 Å². The molecule has 4 nitrogen and oxygen atoms in total. The van der Waals surface area contributed by atoms with E-state index in [9.17, 15) is 9.90 Å². The Morgan fingerprint density at radius 2 is 2.18 bits per heavy atom. The van der Waals surface area contributed by atoms with Crippen molar-refractivity contribution in [2.24, 2.45) is 0 Å². The Balaban J connectivity index is 2.19. The number of phenols is 1. The zero-order chi connectivity index (χ0) is 12.4. The first-order valence-electron chi connectivity index (χ1n) is 4.92. The molecular weight excluding hydrogens is 286 g/mol. The van der Waals surface area contributed by atoms with Crippen LogP contribution in [0.3, 0.4) is 0 Å². The summed E-state index contributed by atoms with van der Waals surface area (Å²) in [4.78, 5) is 11.8. The fourth-order valence-electron chi connectivity index (χ4n) is 1.39. The highest BCUT2D eigenvalue weighted by atomic mass is 79.9. The Labute approximate surface area is 106 Å². The van der Waals surface area contributed by atoms with Gasteiger partial charge in [0.15, 0.2) is 4.67 Å².